The minimum absolute atomic E-state index is 0.0576. The zero-order valence-electron chi connectivity index (χ0n) is 17.3. The number of nitrogens with zero attached hydrogens (tertiary/aromatic N) is 2. The molecule has 2 aromatic carbocycles. The number of carbonyl (C=O) groups excluding carboxylic acids is 2. The maximum Gasteiger partial charge on any atom is 0.254 e. The topological polar surface area (TPSA) is 59.1 Å². The first-order valence-electron chi connectivity index (χ1n) is 9.86. The van der Waals surface area contributed by atoms with Crippen LogP contribution in [0.1, 0.15) is 27.9 Å². The Morgan fingerprint density at radius 1 is 0.897 bits per heavy atom. The number of amides is 2. The molecule has 154 valence electrons. The molecule has 2 amide bonds. The number of hydrogen-bond acceptors (Lipinski definition) is 4. The van der Waals surface area contributed by atoms with Crippen molar-refractivity contribution in [2.45, 2.75) is 19.8 Å². The van der Waals surface area contributed by atoms with Crippen LogP contribution < -0.4 is 9.47 Å². The number of rotatable bonds is 6. The van der Waals surface area contributed by atoms with E-state index in [1.54, 1.807) is 37.3 Å². The van der Waals surface area contributed by atoms with Crippen LogP contribution in [-0.4, -0.2) is 62.0 Å². The van der Waals surface area contributed by atoms with E-state index < -0.39 is 0 Å². The van der Waals surface area contributed by atoms with Crippen LogP contribution in [0.4, 0.5) is 0 Å². The summed E-state index contributed by atoms with van der Waals surface area (Å²) >= 11 is 0. The fourth-order valence-electron chi connectivity index (χ4n) is 3.59. The maximum atomic E-state index is 12.8. The Hall–Kier alpha value is -3.02. The smallest absolute Gasteiger partial charge is 0.254 e. The number of aryl methyl sites for hydroxylation is 2. The van der Waals surface area contributed by atoms with E-state index in [9.17, 15) is 9.59 Å². The van der Waals surface area contributed by atoms with Gasteiger partial charge in [0.1, 0.15) is 0 Å². The van der Waals surface area contributed by atoms with Crippen LogP contribution in [0.25, 0.3) is 0 Å². The van der Waals surface area contributed by atoms with E-state index in [1.165, 1.54) is 11.1 Å². The van der Waals surface area contributed by atoms with Gasteiger partial charge in [-0.3, -0.25) is 9.59 Å². The maximum absolute atomic E-state index is 12.8. The molecule has 0 atom stereocenters. The molecule has 0 aliphatic carbocycles. The van der Waals surface area contributed by atoms with Crippen molar-refractivity contribution in [3.8, 4) is 11.5 Å². The van der Waals surface area contributed by atoms with E-state index >= 15 is 0 Å². The Labute approximate surface area is 172 Å². The summed E-state index contributed by atoms with van der Waals surface area (Å²) in [5.74, 6) is 1.21. The van der Waals surface area contributed by atoms with Gasteiger partial charge in [0.15, 0.2) is 11.5 Å². The van der Waals surface area contributed by atoms with E-state index in [0.717, 1.165) is 6.42 Å². The highest BCUT2D eigenvalue weighted by Gasteiger charge is 2.25. The van der Waals surface area contributed by atoms with E-state index in [0.29, 0.717) is 49.7 Å². The van der Waals surface area contributed by atoms with Crippen LogP contribution in [0.15, 0.2) is 42.5 Å². The lowest BCUT2D eigenvalue weighted by atomic mass is 10.1. The van der Waals surface area contributed by atoms with Crippen LogP contribution in [0.5, 0.6) is 11.5 Å². The summed E-state index contributed by atoms with van der Waals surface area (Å²) < 4.78 is 10.5. The van der Waals surface area contributed by atoms with Crippen molar-refractivity contribution in [3.05, 3.63) is 59.2 Å². The summed E-state index contributed by atoms with van der Waals surface area (Å²) in [4.78, 5) is 29.0. The highest BCUT2D eigenvalue weighted by Crippen LogP contribution is 2.28. The van der Waals surface area contributed by atoms with Gasteiger partial charge in [0.25, 0.3) is 5.91 Å². The van der Waals surface area contributed by atoms with Crippen molar-refractivity contribution in [3.63, 3.8) is 0 Å². The zero-order valence-corrected chi connectivity index (χ0v) is 17.3. The van der Waals surface area contributed by atoms with Gasteiger partial charge in [-0.1, -0.05) is 29.8 Å². The molecule has 2 aromatic rings. The molecule has 1 aliphatic heterocycles. The Balaban J connectivity index is 1.53. The van der Waals surface area contributed by atoms with Crippen molar-refractivity contribution < 1.29 is 19.1 Å². The molecule has 1 heterocycles. The fourth-order valence-corrected chi connectivity index (χ4v) is 3.59. The Morgan fingerprint density at radius 2 is 1.59 bits per heavy atom. The van der Waals surface area contributed by atoms with Gasteiger partial charge < -0.3 is 19.3 Å². The Morgan fingerprint density at radius 3 is 2.24 bits per heavy atom. The van der Waals surface area contributed by atoms with Gasteiger partial charge >= 0.3 is 0 Å². The largest absolute Gasteiger partial charge is 0.493 e. The van der Waals surface area contributed by atoms with Crippen LogP contribution in [0, 0.1) is 6.92 Å². The average molecular weight is 396 g/mol. The molecule has 0 saturated carbocycles. The lowest BCUT2D eigenvalue weighted by Crippen LogP contribution is -2.50. The number of hydrogen-bond donors (Lipinski definition) is 0. The second-order valence-corrected chi connectivity index (χ2v) is 7.23. The molecule has 0 bridgehead atoms. The van der Waals surface area contributed by atoms with Gasteiger partial charge in [-0.05, 0) is 37.1 Å². The first-order valence-corrected chi connectivity index (χ1v) is 9.86. The predicted molar refractivity (Wildman–Crippen MR) is 112 cm³/mol. The van der Waals surface area contributed by atoms with Crippen LogP contribution in [-0.2, 0) is 11.2 Å². The van der Waals surface area contributed by atoms with Gasteiger partial charge in [0.2, 0.25) is 5.91 Å². The molecule has 0 radical (unpaired) electrons. The van der Waals surface area contributed by atoms with Crippen molar-refractivity contribution in [1.29, 1.82) is 0 Å². The molecule has 0 N–H and O–H groups in total. The average Bonchev–Trinajstić information content (AvgIpc) is 2.76. The molecule has 6 nitrogen and oxygen atoms in total. The van der Waals surface area contributed by atoms with Crippen LogP contribution in [0.2, 0.25) is 0 Å². The summed E-state index contributed by atoms with van der Waals surface area (Å²) in [7, 11) is 3.11. The van der Waals surface area contributed by atoms with E-state index in [4.69, 9.17) is 9.47 Å². The second-order valence-electron chi connectivity index (χ2n) is 7.23. The SMILES string of the molecule is COc1ccc(C(=O)N2CCN(C(=O)CCc3cccc(C)c3)CC2)cc1OC. The fraction of sp³-hybridized carbons (Fsp3) is 0.391. The zero-order chi connectivity index (χ0) is 20.8. The molecule has 0 aromatic heterocycles. The molecule has 1 saturated heterocycles. The highest BCUT2D eigenvalue weighted by molar-refractivity contribution is 5.95. The van der Waals surface area contributed by atoms with Crippen molar-refractivity contribution in [2.75, 3.05) is 40.4 Å². The lowest BCUT2D eigenvalue weighted by molar-refractivity contribution is -0.132. The van der Waals surface area contributed by atoms with E-state index in [2.05, 4.69) is 25.1 Å². The molecular formula is C23H28N2O4. The Bertz CT molecular complexity index is 873. The van der Waals surface area contributed by atoms with Crippen LogP contribution in [0.3, 0.4) is 0 Å². The molecule has 0 spiro atoms. The third-order valence-electron chi connectivity index (χ3n) is 5.26. The predicted octanol–water partition coefficient (Wildman–Crippen LogP) is 2.93. The van der Waals surface area contributed by atoms with E-state index in [-0.39, 0.29) is 11.8 Å². The minimum atomic E-state index is -0.0576. The van der Waals surface area contributed by atoms with Crippen molar-refractivity contribution >= 4 is 11.8 Å². The summed E-state index contributed by atoms with van der Waals surface area (Å²) in [5.41, 5.74) is 2.94. The normalized spacial score (nSPS) is 13.9. The summed E-state index contributed by atoms with van der Waals surface area (Å²) in [5, 5.41) is 0. The van der Waals surface area contributed by atoms with E-state index in [1.807, 2.05) is 11.0 Å². The molecule has 1 fully saturated rings. The van der Waals surface area contributed by atoms with Crippen molar-refractivity contribution in [1.82, 2.24) is 9.80 Å². The summed E-state index contributed by atoms with van der Waals surface area (Å²) in [6, 6.07) is 13.4. The number of ether oxygens (including phenoxy) is 2. The first-order chi connectivity index (χ1) is 14.0. The third-order valence-corrected chi connectivity index (χ3v) is 5.26. The third kappa shape index (κ3) is 5.08. The number of piperazine rings is 1. The monoisotopic (exact) mass is 396 g/mol. The summed E-state index contributed by atoms with van der Waals surface area (Å²) in [6.07, 6.45) is 1.23. The molecular weight excluding hydrogens is 368 g/mol. The van der Waals surface area contributed by atoms with Gasteiger partial charge in [0, 0.05) is 38.2 Å². The molecule has 0 unspecified atom stereocenters. The number of methoxy groups -OCH3 is 2. The molecule has 29 heavy (non-hydrogen) atoms. The number of benzene rings is 2. The summed E-state index contributed by atoms with van der Waals surface area (Å²) in [6.45, 7) is 4.24. The van der Waals surface area contributed by atoms with Crippen molar-refractivity contribution in [2.24, 2.45) is 0 Å². The molecule has 1 aliphatic rings. The standard InChI is InChI=1S/C23H28N2O4/c1-17-5-4-6-18(15-17)7-10-22(26)24-11-13-25(14-12-24)23(27)19-8-9-20(28-2)21(16-19)29-3/h4-6,8-9,15-16H,7,10-14H2,1-3H3. The van der Waals surface area contributed by atoms with Gasteiger partial charge in [0.05, 0.1) is 14.2 Å². The Kier molecular flexibility index (Phi) is 6.75. The minimum Gasteiger partial charge on any atom is -0.493 e. The lowest BCUT2D eigenvalue weighted by Gasteiger charge is -2.35. The first kappa shape index (κ1) is 20.7. The van der Waals surface area contributed by atoms with Gasteiger partial charge in [-0.25, -0.2) is 0 Å². The van der Waals surface area contributed by atoms with Gasteiger partial charge in [-0.15, -0.1) is 0 Å². The highest BCUT2D eigenvalue weighted by atomic mass is 16.5. The van der Waals surface area contributed by atoms with Gasteiger partial charge in [-0.2, -0.15) is 0 Å². The molecule has 3 rings (SSSR count). The van der Waals surface area contributed by atoms with Crippen LogP contribution >= 0.6 is 0 Å². The number of carbonyl (C=O) groups is 2. The molecule has 6 heteroatoms. The quantitative estimate of drug-likeness (QED) is 0.753. The second kappa shape index (κ2) is 9.45.